The van der Waals surface area contributed by atoms with Gasteiger partial charge in [-0.25, -0.2) is 0 Å². The number of nitrogens with zero attached hydrogens (tertiary/aromatic N) is 2. The molecule has 4 nitrogen and oxygen atoms in total. The van der Waals surface area contributed by atoms with E-state index in [1.54, 1.807) is 0 Å². The first-order valence-corrected chi connectivity index (χ1v) is 6.47. The van der Waals surface area contributed by atoms with E-state index in [1.165, 1.54) is 25.7 Å². The Morgan fingerprint density at radius 2 is 2.12 bits per heavy atom. The lowest BCUT2D eigenvalue weighted by Gasteiger charge is -2.37. The molecule has 1 aromatic rings. The van der Waals surface area contributed by atoms with Crippen LogP contribution in [0.4, 0.5) is 0 Å². The van der Waals surface area contributed by atoms with Gasteiger partial charge in [0.1, 0.15) is 0 Å². The molecule has 1 atom stereocenters. The van der Waals surface area contributed by atoms with Gasteiger partial charge in [-0.1, -0.05) is 13.8 Å². The van der Waals surface area contributed by atoms with Crippen LogP contribution in [0.25, 0.3) is 0 Å². The SMILES string of the molecule is Cn1ccc(C(NN)C2CCC(C)(C)CC2)n1. The summed E-state index contributed by atoms with van der Waals surface area (Å²) in [5, 5.41) is 4.47. The van der Waals surface area contributed by atoms with Gasteiger partial charge in [0.2, 0.25) is 0 Å². The lowest BCUT2D eigenvalue weighted by molar-refractivity contribution is 0.160. The normalized spacial score (nSPS) is 22.6. The smallest absolute Gasteiger partial charge is 0.0810 e. The first kappa shape index (κ1) is 12.6. The lowest BCUT2D eigenvalue weighted by Crippen LogP contribution is -2.36. The molecular formula is C13H24N4. The van der Waals surface area contributed by atoms with E-state index in [9.17, 15) is 0 Å². The number of aryl methyl sites for hydroxylation is 1. The third-order valence-electron chi connectivity index (χ3n) is 4.09. The molecule has 0 radical (unpaired) electrons. The second kappa shape index (κ2) is 4.78. The molecule has 1 aliphatic rings. The van der Waals surface area contributed by atoms with Crippen LogP contribution in [0.15, 0.2) is 12.3 Å². The van der Waals surface area contributed by atoms with Crippen molar-refractivity contribution in [1.29, 1.82) is 0 Å². The molecule has 0 amide bonds. The third-order valence-corrected chi connectivity index (χ3v) is 4.09. The topological polar surface area (TPSA) is 55.9 Å². The van der Waals surface area contributed by atoms with Crippen LogP contribution in [0.2, 0.25) is 0 Å². The first-order chi connectivity index (χ1) is 8.02. The predicted molar refractivity (Wildman–Crippen MR) is 69.0 cm³/mol. The molecule has 0 aromatic carbocycles. The molecule has 1 fully saturated rings. The number of nitrogens with two attached hydrogens (primary N) is 1. The summed E-state index contributed by atoms with van der Waals surface area (Å²) in [4.78, 5) is 0. The Morgan fingerprint density at radius 3 is 2.59 bits per heavy atom. The number of hydrogen-bond acceptors (Lipinski definition) is 3. The van der Waals surface area contributed by atoms with Crippen molar-refractivity contribution >= 4 is 0 Å². The van der Waals surface area contributed by atoms with Crippen molar-refractivity contribution in [2.45, 2.75) is 45.6 Å². The number of nitrogens with one attached hydrogen (secondary N) is 1. The van der Waals surface area contributed by atoms with Gasteiger partial charge in [-0.05, 0) is 43.1 Å². The van der Waals surface area contributed by atoms with E-state index in [-0.39, 0.29) is 6.04 Å². The third kappa shape index (κ3) is 2.87. The van der Waals surface area contributed by atoms with Crippen molar-refractivity contribution in [3.63, 3.8) is 0 Å². The van der Waals surface area contributed by atoms with E-state index in [4.69, 9.17) is 5.84 Å². The molecule has 1 unspecified atom stereocenters. The molecule has 96 valence electrons. The fourth-order valence-corrected chi connectivity index (χ4v) is 2.82. The van der Waals surface area contributed by atoms with Gasteiger partial charge in [0.25, 0.3) is 0 Å². The summed E-state index contributed by atoms with van der Waals surface area (Å²) >= 11 is 0. The molecule has 0 spiro atoms. The zero-order valence-electron chi connectivity index (χ0n) is 11.1. The Morgan fingerprint density at radius 1 is 1.47 bits per heavy atom. The van der Waals surface area contributed by atoms with E-state index >= 15 is 0 Å². The molecule has 2 rings (SSSR count). The Balaban J connectivity index is 2.05. The molecule has 0 aliphatic heterocycles. The molecule has 1 saturated carbocycles. The Bertz CT molecular complexity index is 359. The second-order valence-corrected chi connectivity index (χ2v) is 6.06. The van der Waals surface area contributed by atoms with Gasteiger partial charge in [0, 0.05) is 13.2 Å². The minimum Gasteiger partial charge on any atom is -0.275 e. The van der Waals surface area contributed by atoms with Crippen LogP contribution in [-0.2, 0) is 7.05 Å². The Hall–Kier alpha value is -0.870. The summed E-state index contributed by atoms with van der Waals surface area (Å²) in [6.07, 6.45) is 7.01. The van der Waals surface area contributed by atoms with Gasteiger partial charge >= 0.3 is 0 Å². The predicted octanol–water partition coefficient (Wildman–Crippen LogP) is 2.14. The number of aromatic nitrogens is 2. The van der Waals surface area contributed by atoms with Gasteiger partial charge in [-0.3, -0.25) is 16.0 Å². The minimum absolute atomic E-state index is 0.201. The fraction of sp³-hybridized carbons (Fsp3) is 0.769. The number of rotatable bonds is 3. The zero-order chi connectivity index (χ0) is 12.5. The largest absolute Gasteiger partial charge is 0.275 e. The van der Waals surface area contributed by atoms with Crippen LogP contribution in [0.1, 0.15) is 51.3 Å². The second-order valence-electron chi connectivity index (χ2n) is 6.06. The summed E-state index contributed by atoms with van der Waals surface area (Å²) in [6, 6.07) is 2.26. The van der Waals surface area contributed by atoms with Gasteiger partial charge in [-0.15, -0.1) is 0 Å². The summed E-state index contributed by atoms with van der Waals surface area (Å²) in [5.74, 6) is 6.33. The zero-order valence-corrected chi connectivity index (χ0v) is 11.1. The van der Waals surface area contributed by atoms with Crippen LogP contribution < -0.4 is 11.3 Å². The summed E-state index contributed by atoms with van der Waals surface area (Å²) in [6.45, 7) is 4.71. The van der Waals surface area contributed by atoms with Crippen molar-refractivity contribution in [1.82, 2.24) is 15.2 Å². The van der Waals surface area contributed by atoms with E-state index in [2.05, 4.69) is 30.4 Å². The fourth-order valence-electron chi connectivity index (χ4n) is 2.82. The van der Waals surface area contributed by atoms with Crippen molar-refractivity contribution in [3.8, 4) is 0 Å². The highest BCUT2D eigenvalue weighted by molar-refractivity contribution is 5.07. The maximum absolute atomic E-state index is 5.71. The lowest BCUT2D eigenvalue weighted by atomic mass is 9.71. The molecule has 3 N–H and O–H groups in total. The van der Waals surface area contributed by atoms with E-state index in [0.717, 1.165) is 5.69 Å². The maximum Gasteiger partial charge on any atom is 0.0810 e. The quantitative estimate of drug-likeness (QED) is 0.624. The van der Waals surface area contributed by atoms with E-state index in [1.807, 2.05) is 17.9 Å². The van der Waals surface area contributed by atoms with E-state index in [0.29, 0.717) is 11.3 Å². The molecule has 0 saturated heterocycles. The maximum atomic E-state index is 5.71. The summed E-state index contributed by atoms with van der Waals surface area (Å²) in [7, 11) is 1.95. The van der Waals surface area contributed by atoms with Gasteiger partial charge in [0.15, 0.2) is 0 Å². The van der Waals surface area contributed by atoms with Crippen LogP contribution in [0.3, 0.4) is 0 Å². The van der Waals surface area contributed by atoms with Crippen molar-refractivity contribution in [3.05, 3.63) is 18.0 Å². The highest BCUT2D eigenvalue weighted by Crippen LogP contribution is 2.42. The highest BCUT2D eigenvalue weighted by Gasteiger charge is 2.32. The molecule has 1 aromatic heterocycles. The van der Waals surface area contributed by atoms with E-state index < -0.39 is 0 Å². The first-order valence-electron chi connectivity index (χ1n) is 6.47. The van der Waals surface area contributed by atoms with Crippen LogP contribution in [-0.4, -0.2) is 9.78 Å². The number of hydrogen-bond donors (Lipinski definition) is 2. The Labute approximate surface area is 104 Å². The van der Waals surface area contributed by atoms with Gasteiger partial charge in [0.05, 0.1) is 11.7 Å². The van der Waals surface area contributed by atoms with Crippen molar-refractivity contribution in [2.75, 3.05) is 0 Å². The summed E-state index contributed by atoms with van der Waals surface area (Å²) in [5.41, 5.74) is 4.52. The van der Waals surface area contributed by atoms with Crippen LogP contribution in [0, 0.1) is 11.3 Å². The number of hydrazine groups is 1. The monoisotopic (exact) mass is 236 g/mol. The molecule has 1 aliphatic carbocycles. The average molecular weight is 236 g/mol. The van der Waals surface area contributed by atoms with Crippen molar-refractivity contribution < 1.29 is 0 Å². The highest BCUT2D eigenvalue weighted by atomic mass is 15.3. The summed E-state index contributed by atoms with van der Waals surface area (Å²) < 4.78 is 1.84. The Kier molecular flexibility index (Phi) is 3.54. The van der Waals surface area contributed by atoms with Gasteiger partial charge < -0.3 is 0 Å². The average Bonchev–Trinajstić information content (AvgIpc) is 2.68. The molecular weight excluding hydrogens is 212 g/mol. The van der Waals surface area contributed by atoms with Crippen LogP contribution >= 0.6 is 0 Å². The standard InChI is InChI=1S/C13H24N4/c1-13(2)7-4-10(5-8-13)12(15-14)11-6-9-17(3)16-11/h6,9-10,12,15H,4-5,7-8,14H2,1-3H3. The van der Waals surface area contributed by atoms with Gasteiger partial charge in [-0.2, -0.15) is 5.10 Å². The molecule has 1 heterocycles. The molecule has 4 heteroatoms. The van der Waals surface area contributed by atoms with Crippen LogP contribution in [0.5, 0.6) is 0 Å². The molecule has 17 heavy (non-hydrogen) atoms. The van der Waals surface area contributed by atoms with Crippen molar-refractivity contribution in [2.24, 2.45) is 24.2 Å². The molecule has 0 bridgehead atoms. The minimum atomic E-state index is 0.201.